The number of rotatable bonds is 9. The molecule has 1 amide bonds. The van der Waals surface area contributed by atoms with Crippen LogP contribution in [0, 0.1) is 0 Å². The summed E-state index contributed by atoms with van der Waals surface area (Å²) in [7, 11) is -4.07. The Morgan fingerprint density at radius 3 is 2.44 bits per heavy atom. The molecule has 0 saturated heterocycles. The molecule has 1 aliphatic carbocycles. The van der Waals surface area contributed by atoms with Gasteiger partial charge in [-0.15, -0.1) is 0 Å². The van der Waals surface area contributed by atoms with Crippen LogP contribution in [0.25, 0.3) is 0 Å². The van der Waals surface area contributed by atoms with E-state index >= 15 is 0 Å². The molecule has 1 saturated carbocycles. The Balaban J connectivity index is 1.85. The van der Waals surface area contributed by atoms with Crippen LogP contribution in [0.3, 0.4) is 0 Å². The first-order chi connectivity index (χ1) is 15.4. The molecule has 0 aliphatic heterocycles. The van der Waals surface area contributed by atoms with E-state index in [0.29, 0.717) is 6.61 Å². The summed E-state index contributed by atoms with van der Waals surface area (Å²) >= 11 is 6.07. The van der Waals surface area contributed by atoms with Crippen molar-refractivity contribution in [3.63, 3.8) is 0 Å². The second-order valence-electron chi connectivity index (χ2n) is 8.08. The zero-order valence-corrected chi connectivity index (χ0v) is 19.9. The molecule has 8 heteroatoms. The van der Waals surface area contributed by atoms with Gasteiger partial charge in [-0.25, -0.2) is 8.42 Å². The number of amides is 1. The number of carbonyl (C=O) groups is 1. The van der Waals surface area contributed by atoms with Crippen LogP contribution >= 0.6 is 11.6 Å². The highest BCUT2D eigenvalue weighted by molar-refractivity contribution is 7.89. The highest BCUT2D eigenvalue weighted by Gasteiger charge is 2.30. The summed E-state index contributed by atoms with van der Waals surface area (Å²) in [6.07, 6.45) is 6.55. The van der Waals surface area contributed by atoms with Crippen molar-refractivity contribution >= 4 is 27.5 Å². The number of halogens is 1. The highest BCUT2D eigenvalue weighted by Crippen LogP contribution is 2.28. The molecule has 1 atom stereocenters. The minimum Gasteiger partial charge on any atom is -0.492 e. The zero-order valence-electron chi connectivity index (χ0n) is 18.3. The fraction of sp³-hybridized carbons (Fsp3) is 0.458. The van der Waals surface area contributed by atoms with Gasteiger partial charge in [0, 0.05) is 11.1 Å². The van der Waals surface area contributed by atoms with Crippen LogP contribution in [-0.4, -0.2) is 33.0 Å². The molecular formula is C24H31ClN2O4S. The molecule has 1 aliphatic rings. The molecule has 2 aromatic carbocycles. The molecule has 0 radical (unpaired) electrons. The fourth-order valence-electron chi connectivity index (χ4n) is 3.98. The molecular weight excluding hydrogens is 448 g/mol. The summed E-state index contributed by atoms with van der Waals surface area (Å²) in [5.74, 6) is -0.114. The quantitative estimate of drug-likeness (QED) is 0.521. The molecule has 1 fully saturated rings. The Hall–Kier alpha value is -2.09. The van der Waals surface area contributed by atoms with Crippen molar-refractivity contribution in [3.05, 3.63) is 59.1 Å². The SMILES string of the molecule is CCOc1ccc(Cl)cc1S(=O)(=O)NC(Cc1ccccc1)C(=O)NC1CCCCCC1. The van der Waals surface area contributed by atoms with Gasteiger partial charge in [-0.3, -0.25) is 4.79 Å². The van der Waals surface area contributed by atoms with E-state index in [2.05, 4.69) is 10.0 Å². The van der Waals surface area contributed by atoms with E-state index in [1.54, 1.807) is 13.0 Å². The lowest BCUT2D eigenvalue weighted by atomic mass is 10.0. The standard InChI is InChI=1S/C24H31ClN2O4S/c1-2-31-22-15-14-19(25)17-23(22)32(29,30)27-21(16-18-10-6-5-7-11-18)24(28)26-20-12-8-3-4-9-13-20/h5-7,10-11,14-15,17,20-21,27H,2-4,8-9,12-13,16H2,1H3,(H,26,28). The number of carbonyl (C=O) groups excluding carboxylic acids is 1. The summed E-state index contributed by atoms with van der Waals surface area (Å²) in [6.45, 7) is 2.08. The van der Waals surface area contributed by atoms with Crippen molar-refractivity contribution in [1.29, 1.82) is 0 Å². The van der Waals surface area contributed by atoms with E-state index in [1.807, 2.05) is 30.3 Å². The van der Waals surface area contributed by atoms with Crippen LogP contribution in [0.2, 0.25) is 5.02 Å². The Morgan fingerprint density at radius 2 is 1.78 bits per heavy atom. The van der Waals surface area contributed by atoms with Crippen LogP contribution in [0.5, 0.6) is 5.75 Å². The second kappa shape index (κ2) is 11.7. The Labute approximate surface area is 195 Å². The third-order valence-corrected chi connectivity index (χ3v) is 7.32. The van der Waals surface area contributed by atoms with Gasteiger partial charge in [0.2, 0.25) is 15.9 Å². The first-order valence-corrected chi connectivity index (χ1v) is 13.0. The molecule has 2 N–H and O–H groups in total. The number of nitrogens with one attached hydrogen (secondary N) is 2. The largest absolute Gasteiger partial charge is 0.492 e. The van der Waals surface area contributed by atoms with Crippen LogP contribution in [0.15, 0.2) is 53.4 Å². The van der Waals surface area contributed by atoms with E-state index in [-0.39, 0.29) is 34.0 Å². The smallest absolute Gasteiger partial charge is 0.245 e. The van der Waals surface area contributed by atoms with E-state index in [1.165, 1.54) is 25.0 Å². The van der Waals surface area contributed by atoms with Crippen molar-refractivity contribution in [2.45, 2.75) is 68.8 Å². The molecule has 0 heterocycles. The normalized spacial score (nSPS) is 16.2. The predicted octanol–water partition coefficient (Wildman–Crippen LogP) is 4.47. The lowest BCUT2D eigenvalue weighted by Crippen LogP contribution is -2.50. The second-order valence-corrected chi connectivity index (χ2v) is 10.2. The summed E-state index contributed by atoms with van der Waals surface area (Å²) < 4.78 is 34.7. The molecule has 0 spiro atoms. The van der Waals surface area contributed by atoms with E-state index in [4.69, 9.17) is 16.3 Å². The number of ether oxygens (including phenoxy) is 1. The van der Waals surface area contributed by atoms with Crippen molar-refractivity contribution in [1.82, 2.24) is 10.0 Å². The summed E-state index contributed by atoms with van der Waals surface area (Å²) in [6, 6.07) is 12.9. The van der Waals surface area contributed by atoms with Gasteiger partial charge in [-0.2, -0.15) is 4.72 Å². The third-order valence-electron chi connectivity index (χ3n) is 5.59. The Kier molecular flexibility index (Phi) is 8.96. The predicted molar refractivity (Wildman–Crippen MR) is 127 cm³/mol. The van der Waals surface area contributed by atoms with Gasteiger partial charge in [-0.05, 0) is 49.9 Å². The highest BCUT2D eigenvalue weighted by atomic mass is 35.5. The number of hydrogen-bond acceptors (Lipinski definition) is 4. The molecule has 32 heavy (non-hydrogen) atoms. The first-order valence-electron chi connectivity index (χ1n) is 11.2. The Bertz CT molecular complexity index is 990. The van der Waals surface area contributed by atoms with Crippen molar-refractivity contribution in [2.24, 2.45) is 0 Å². The van der Waals surface area contributed by atoms with Crippen LogP contribution < -0.4 is 14.8 Å². The lowest BCUT2D eigenvalue weighted by molar-refractivity contribution is -0.123. The Morgan fingerprint density at radius 1 is 1.09 bits per heavy atom. The van der Waals surface area contributed by atoms with E-state index < -0.39 is 16.1 Å². The van der Waals surface area contributed by atoms with Crippen LogP contribution in [0.4, 0.5) is 0 Å². The molecule has 1 unspecified atom stereocenters. The van der Waals surface area contributed by atoms with Gasteiger partial charge in [0.05, 0.1) is 6.61 Å². The van der Waals surface area contributed by atoms with Crippen molar-refractivity contribution in [2.75, 3.05) is 6.61 Å². The van der Waals surface area contributed by atoms with Crippen LogP contribution in [-0.2, 0) is 21.2 Å². The van der Waals surface area contributed by atoms with Gasteiger partial charge < -0.3 is 10.1 Å². The van der Waals surface area contributed by atoms with Gasteiger partial charge >= 0.3 is 0 Å². The van der Waals surface area contributed by atoms with Gasteiger partial charge in [0.25, 0.3) is 0 Å². The molecule has 2 aromatic rings. The first kappa shape index (κ1) is 24.6. The third kappa shape index (κ3) is 6.95. The summed E-state index contributed by atoms with van der Waals surface area (Å²) in [5.41, 5.74) is 0.868. The van der Waals surface area contributed by atoms with Gasteiger partial charge in [0.1, 0.15) is 16.7 Å². The molecule has 3 rings (SSSR count). The van der Waals surface area contributed by atoms with Crippen molar-refractivity contribution < 1.29 is 17.9 Å². The maximum atomic E-state index is 13.3. The molecule has 0 aromatic heterocycles. The summed E-state index contributed by atoms with van der Waals surface area (Å²) in [4.78, 5) is 13.1. The molecule has 6 nitrogen and oxygen atoms in total. The van der Waals surface area contributed by atoms with Crippen LogP contribution in [0.1, 0.15) is 51.0 Å². The van der Waals surface area contributed by atoms with Gasteiger partial charge in [0.15, 0.2) is 0 Å². The average molecular weight is 479 g/mol. The van der Waals surface area contributed by atoms with Gasteiger partial charge in [-0.1, -0.05) is 67.6 Å². The topological polar surface area (TPSA) is 84.5 Å². The maximum absolute atomic E-state index is 13.3. The number of benzene rings is 2. The molecule has 0 bridgehead atoms. The monoisotopic (exact) mass is 478 g/mol. The van der Waals surface area contributed by atoms with Crippen molar-refractivity contribution in [3.8, 4) is 5.75 Å². The average Bonchev–Trinajstić information content (AvgIpc) is 3.04. The van der Waals surface area contributed by atoms with E-state index in [9.17, 15) is 13.2 Å². The summed E-state index contributed by atoms with van der Waals surface area (Å²) in [5, 5.41) is 3.36. The minimum atomic E-state index is -4.07. The fourth-order valence-corrected chi connectivity index (χ4v) is 5.58. The molecule has 174 valence electrons. The lowest BCUT2D eigenvalue weighted by Gasteiger charge is -2.23. The number of sulfonamides is 1. The minimum absolute atomic E-state index is 0.0675. The van der Waals surface area contributed by atoms with E-state index in [0.717, 1.165) is 31.2 Å². The number of hydrogen-bond donors (Lipinski definition) is 2. The zero-order chi connectivity index (χ0) is 23.0. The maximum Gasteiger partial charge on any atom is 0.245 e.